The Morgan fingerprint density at radius 2 is 1.88 bits per heavy atom. The maximum Gasteiger partial charge on any atom is 0.0391 e. The SMILES string of the molecule is CCCNC1CCC(S(=O)C2CCCC2)C1C. The van der Waals surface area contributed by atoms with Gasteiger partial charge in [-0.3, -0.25) is 4.21 Å². The van der Waals surface area contributed by atoms with Gasteiger partial charge in [-0.15, -0.1) is 0 Å². The highest BCUT2D eigenvalue weighted by atomic mass is 32.2. The smallest absolute Gasteiger partial charge is 0.0391 e. The Morgan fingerprint density at radius 1 is 1.18 bits per heavy atom. The molecule has 0 aromatic carbocycles. The molecule has 1 N–H and O–H groups in total. The van der Waals surface area contributed by atoms with Gasteiger partial charge in [-0.1, -0.05) is 26.7 Å². The lowest BCUT2D eigenvalue weighted by molar-refractivity contribution is 0.428. The fraction of sp³-hybridized carbons (Fsp3) is 1.00. The van der Waals surface area contributed by atoms with Gasteiger partial charge in [-0.2, -0.15) is 0 Å². The zero-order chi connectivity index (χ0) is 12.3. The van der Waals surface area contributed by atoms with Crippen LogP contribution in [0, 0.1) is 5.92 Å². The first kappa shape index (κ1) is 13.5. The third-order valence-electron chi connectivity index (χ3n) is 4.57. The Bertz CT molecular complexity index is 263. The summed E-state index contributed by atoms with van der Waals surface area (Å²) in [5, 5.41) is 4.61. The molecule has 0 aliphatic heterocycles. The molecule has 2 aliphatic rings. The largest absolute Gasteiger partial charge is 0.314 e. The van der Waals surface area contributed by atoms with E-state index in [2.05, 4.69) is 19.2 Å². The predicted octanol–water partition coefficient (Wildman–Crippen LogP) is 2.84. The van der Waals surface area contributed by atoms with Gasteiger partial charge >= 0.3 is 0 Å². The molecule has 0 aromatic rings. The molecule has 0 spiro atoms. The summed E-state index contributed by atoms with van der Waals surface area (Å²) in [6, 6.07) is 0.616. The van der Waals surface area contributed by atoms with Crippen molar-refractivity contribution in [2.24, 2.45) is 5.92 Å². The molecular weight excluding hydrogens is 230 g/mol. The molecular formula is C14H27NOS. The Hall–Kier alpha value is 0.110. The van der Waals surface area contributed by atoms with Crippen molar-refractivity contribution >= 4 is 10.8 Å². The van der Waals surface area contributed by atoms with Crippen molar-refractivity contribution in [2.75, 3.05) is 6.54 Å². The van der Waals surface area contributed by atoms with Crippen molar-refractivity contribution in [3.63, 3.8) is 0 Å². The lowest BCUT2D eigenvalue weighted by atomic mass is 10.1. The molecule has 0 heterocycles. The van der Waals surface area contributed by atoms with Crippen LogP contribution in [0.25, 0.3) is 0 Å². The van der Waals surface area contributed by atoms with Gasteiger partial charge in [0, 0.05) is 27.3 Å². The molecule has 0 saturated heterocycles. The maximum atomic E-state index is 12.6. The quantitative estimate of drug-likeness (QED) is 0.820. The van der Waals surface area contributed by atoms with Crippen LogP contribution < -0.4 is 5.32 Å². The van der Waals surface area contributed by atoms with Gasteiger partial charge in [0.2, 0.25) is 0 Å². The van der Waals surface area contributed by atoms with Crippen molar-refractivity contribution in [2.45, 2.75) is 75.3 Å². The highest BCUT2D eigenvalue weighted by Gasteiger charge is 2.39. The Labute approximate surface area is 108 Å². The molecule has 100 valence electrons. The standard InChI is InChI=1S/C14H27NOS/c1-3-10-15-13-8-9-14(11(13)2)17(16)12-6-4-5-7-12/h11-15H,3-10H2,1-2H3. The van der Waals surface area contributed by atoms with Crippen LogP contribution in [0.5, 0.6) is 0 Å². The minimum Gasteiger partial charge on any atom is -0.314 e. The first-order chi connectivity index (χ1) is 8.24. The fourth-order valence-corrected chi connectivity index (χ4v) is 5.72. The minimum atomic E-state index is -0.567. The van der Waals surface area contributed by atoms with Crippen LogP contribution in [0.4, 0.5) is 0 Å². The summed E-state index contributed by atoms with van der Waals surface area (Å²) in [5.41, 5.74) is 0. The Balaban J connectivity index is 1.87. The highest BCUT2D eigenvalue weighted by molar-refractivity contribution is 7.86. The van der Waals surface area contributed by atoms with Crippen LogP contribution in [0.15, 0.2) is 0 Å². The summed E-state index contributed by atoms with van der Waals surface area (Å²) in [5.74, 6) is 0.600. The van der Waals surface area contributed by atoms with Crippen molar-refractivity contribution in [3.05, 3.63) is 0 Å². The second-order valence-corrected chi connectivity index (χ2v) is 7.70. The minimum absolute atomic E-state index is 0.465. The van der Waals surface area contributed by atoms with Crippen LogP contribution in [0.2, 0.25) is 0 Å². The van der Waals surface area contributed by atoms with Gasteiger partial charge in [-0.05, 0) is 44.6 Å². The first-order valence-electron chi connectivity index (χ1n) is 7.36. The number of hydrogen-bond donors (Lipinski definition) is 1. The molecule has 2 aliphatic carbocycles. The van der Waals surface area contributed by atoms with Crippen LogP contribution in [0.1, 0.15) is 58.8 Å². The van der Waals surface area contributed by atoms with E-state index in [0.717, 1.165) is 6.54 Å². The number of nitrogens with one attached hydrogen (secondary N) is 1. The van der Waals surface area contributed by atoms with E-state index in [1.807, 2.05) is 0 Å². The molecule has 4 atom stereocenters. The van der Waals surface area contributed by atoms with E-state index < -0.39 is 10.8 Å². The molecule has 4 unspecified atom stereocenters. The van der Waals surface area contributed by atoms with E-state index in [9.17, 15) is 4.21 Å². The predicted molar refractivity (Wildman–Crippen MR) is 74.7 cm³/mol. The first-order valence-corrected chi connectivity index (χ1v) is 8.64. The second-order valence-electron chi connectivity index (χ2n) is 5.77. The van der Waals surface area contributed by atoms with E-state index in [-0.39, 0.29) is 0 Å². The van der Waals surface area contributed by atoms with Crippen LogP contribution >= 0.6 is 0 Å². The third kappa shape index (κ3) is 3.11. The molecule has 2 nitrogen and oxygen atoms in total. The summed E-state index contributed by atoms with van der Waals surface area (Å²) in [6.45, 7) is 5.62. The monoisotopic (exact) mass is 257 g/mol. The second kappa shape index (κ2) is 6.33. The Morgan fingerprint density at radius 3 is 2.53 bits per heavy atom. The highest BCUT2D eigenvalue weighted by Crippen LogP contribution is 2.35. The molecule has 0 amide bonds. The fourth-order valence-electron chi connectivity index (χ4n) is 3.44. The average Bonchev–Trinajstić information content (AvgIpc) is 2.95. The summed E-state index contributed by atoms with van der Waals surface area (Å²) in [7, 11) is -0.567. The van der Waals surface area contributed by atoms with Crippen LogP contribution in [-0.2, 0) is 10.8 Å². The average molecular weight is 257 g/mol. The van der Waals surface area contributed by atoms with Crippen molar-refractivity contribution in [1.29, 1.82) is 0 Å². The summed E-state index contributed by atoms with van der Waals surface area (Å²) in [4.78, 5) is 0. The molecule has 0 bridgehead atoms. The van der Waals surface area contributed by atoms with E-state index in [4.69, 9.17) is 0 Å². The van der Waals surface area contributed by atoms with Gasteiger partial charge in [0.25, 0.3) is 0 Å². The molecule has 2 saturated carbocycles. The maximum absolute atomic E-state index is 12.6. The summed E-state index contributed by atoms with van der Waals surface area (Å²) >= 11 is 0. The topological polar surface area (TPSA) is 29.1 Å². The molecule has 2 rings (SSSR count). The van der Waals surface area contributed by atoms with Crippen molar-refractivity contribution in [3.8, 4) is 0 Å². The van der Waals surface area contributed by atoms with E-state index in [0.29, 0.717) is 22.5 Å². The van der Waals surface area contributed by atoms with Gasteiger partial charge in [0.15, 0.2) is 0 Å². The van der Waals surface area contributed by atoms with E-state index in [1.54, 1.807) is 0 Å². The number of hydrogen-bond acceptors (Lipinski definition) is 2. The normalized spacial score (nSPS) is 36.5. The summed E-state index contributed by atoms with van der Waals surface area (Å²) < 4.78 is 12.6. The van der Waals surface area contributed by atoms with Gasteiger partial charge in [-0.25, -0.2) is 0 Å². The Kier molecular flexibility index (Phi) is 5.04. The van der Waals surface area contributed by atoms with E-state index in [1.165, 1.54) is 44.9 Å². The van der Waals surface area contributed by atoms with Gasteiger partial charge in [0.05, 0.1) is 0 Å². The zero-order valence-electron chi connectivity index (χ0n) is 11.3. The van der Waals surface area contributed by atoms with E-state index >= 15 is 0 Å². The van der Waals surface area contributed by atoms with Crippen LogP contribution in [0.3, 0.4) is 0 Å². The molecule has 3 heteroatoms. The van der Waals surface area contributed by atoms with Crippen molar-refractivity contribution in [1.82, 2.24) is 5.32 Å². The molecule has 0 radical (unpaired) electrons. The molecule has 17 heavy (non-hydrogen) atoms. The van der Waals surface area contributed by atoms with Crippen molar-refractivity contribution < 1.29 is 4.21 Å². The molecule has 2 fully saturated rings. The lowest BCUT2D eigenvalue weighted by Gasteiger charge is -2.23. The van der Waals surface area contributed by atoms with Gasteiger partial charge in [0.1, 0.15) is 0 Å². The summed E-state index contributed by atoms with van der Waals surface area (Å²) in [6.07, 6.45) is 8.62. The molecule has 0 aromatic heterocycles. The number of rotatable bonds is 5. The zero-order valence-corrected chi connectivity index (χ0v) is 12.1. The third-order valence-corrected chi connectivity index (χ3v) is 6.96. The lowest BCUT2D eigenvalue weighted by Crippen LogP contribution is -2.37. The van der Waals surface area contributed by atoms with Crippen LogP contribution in [-0.4, -0.2) is 27.3 Å². The van der Waals surface area contributed by atoms with Gasteiger partial charge < -0.3 is 5.32 Å².